The van der Waals surface area contributed by atoms with Gasteiger partial charge in [0.25, 0.3) is 11.8 Å². The first-order valence-corrected chi connectivity index (χ1v) is 12.1. The molecule has 2 fully saturated rings. The molecule has 2 amide bonds. The first-order valence-electron chi connectivity index (χ1n) is 12.1. The molecule has 5 rings (SSSR count). The lowest BCUT2D eigenvalue weighted by molar-refractivity contribution is -0.125. The predicted octanol–water partition coefficient (Wildman–Crippen LogP) is 3.18. The van der Waals surface area contributed by atoms with E-state index in [0.29, 0.717) is 42.9 Å². The van der Waals surface area contributed by atoms with Crippen molar-refractivity contribution in [3.63, 3.8) is 0 Å². The Kier molecular flexibility index (Phi) is 6.38. The molecule has 2 aliphatic heterocycles. The van der Waals surface area contributed by atoms with Gasteiger partial charge in [-0.1, -0.05) is 12.1 Å². The molecule has 0 spiro atoms. The molecule has 0 aliphatic carbocycles. The fraction of sp³-hybridized carbons (Fsp3) is 0.370. The lowest BCUT2D eigenvalue weighted by Crippen LogP contribution is -2.38. The van der Waals surface area contributed by atoms with Crippen LogP contribution in [-0.4, -0.2) is 69.8 Å². The highest BCUT2D eigenvalue weighted by Gasteiger charge is 2.30. The van der Waals surface area contributed by atoms with Gasteiger partial charge in [-0.05, 0) is 67.5 Å². The normalized spacial score (nSPS) is 18.9. The number of Topliss-reactive ketones (excluding diaryl/α,β-unsaturated/α-hetero) is 1. The molecule has 0 radical (unpaired) electrons. The number of aromatic amines is 1. The number of hydrogen-bond donors (Lipinski definition) is 2. The number of nitrogens with zero attached hydrogens (tertiary/aromatic N) is 2. The fourth-order valence-electron chi connectivity index (χ4n) is 5.10. The summed E-state index contributed by atoms with van der Waals surface area (Å²) in [7, 11) is 0. The fourth-order valence-corrected chi connectivity index (χ4v) is 5.10. The van der Waals surface area contributed by atoms with E-state index in [2.05, 4.69) is 4.98 Å². The van der Waals surface area contributed by atoms with E-state index >= 15 is 0 Å². The topological polar surface area (TPSA) is 93.7 Å². The number of halogens is 1. The van der Waals surface area contributed by atoms with Crippen molar-refractivity contribution in [1.29, 1.82) is 0 Å². The second kappa shape index (κ2) is 9.62. The summed E-state index contributed by atoms with van der Waals surface area (Å²) in [5, 5.41) is 10.3. The van der Waals surface area contributed by atoms with E-state index in [1.165, 1.54) is 17.0 Å². The van der Waals surface area contributed by atoms with Gasteiger partial charge in [0.05, 0.1) is 11.7 Å². The SMILES string of the molecule is O=C(C(=O)N1CCC(O)C1)c1ccc2[nH]cc(C(=O)N3CCC(Cc4ccc(F)cc4)CC3)c2c1. The van der Waals surface area contributed by atoms with Crippen molar-refractivity contribution in [2.24, 2.45) is 5.92 Å². The summed E-state index contributed by atoms with van der Waals surface area (Å²) in [6.07, 6.45) is 4.13. The molecule has 182 valence electrons. The van der Waals surface area contributed by atoms with Crippen molar-refractivity contribution in [3.05, 3.63) is 71.2 Å². The van der Waals surface area contributed by atoms with Gasteiger partial charge < -0.3 is 19.9 Å². The average Bonchev–Trinajstić information content (AvgIpc) is 3.50. The maximum absolute atomic E-state index is 13.3. The summed E-state index contributed by atoms with van der Waals surface area (Å²) in [4.78, 5) is 45.0. The van der Waals surface area contributed by atoms with Gasteiger partial charge in [-0.25, -0.2) is 4.39 Å². The van der Waals surface area contributed by atoms with Crippen LogP contribution in [0.5, 0.6) is 0 Å². The number of β-amino-alcohol motifs (C(OH)–C–C–N with tert-alkyl or cyclic N) is 1. The standard InChI is InChI=1S/C27H28FN3O4/c28-20-4-1-17(2-5-20)13-18-7-10-30(11-8-18)26(34)23-15-29-24-6-3-19(14-22(23)24)25(33)27(35)31-12-9-21(32)16-31/h1-6,14-15,18,21,29,32H,7-13,16H2. The number of amides is 2. The van der Waals surface area contributed by atoms with Crippen molar-refractivity contribution < 1.29 is 23.9 Å². The largest absolute Gasteiger partial charge is 0.391 e. The van der Waals surface area contributed by atoms with Gasteiger partial charge in [0, 0.05) is 48.8 Å². The minimum atomic E-state index is -0.637. The second-order valence-electron chi connectivity index (χ2n) is 9.55. The number of carbonyl (C=O) groups is 3. The number of aliphatic hydroxyl groups is 1. The molecule has 2 aliphatic rings. The molecule has 3 heterocycles. The molecular formula is C27H28FN3O4. The first kappa shape index (κ1) is 23.2. The molecule has 2 saturated heterocycles. The van der Waals surface area contributed by atoms with Crippen LogP contribution in [0.3, 0.4) is 0 Å². The van der Waals surface area contributed by atoms with Gasteiger partial charge in [-0.3, -0.25) is 14.4 Å². The van der Waals surface area contributed by atoms with Gasteiger partial charge >= 0.3 is 0 Å². The number of carbonyl (C=O) groups excluding carboxylic acids is 3. The van der Waals surface area contributed by atoms with Gasteiger partial charge in [0.15, 0.2) is 0 Å². The molecule has 1 atom stereocenters. The summed E-state index contributed by atoms with van der Waals surface area (Å²) < 4.78 is 13.2. The Morgan fingerprint density at radius 2 is 1.69 bits per heavy atom. The molecule has 8 heteroatoms. The molecule has 3 aromatic rings. The number of aromatic nitrogens is 1. The zero-order valence-corrected chi connectivity index (χ0v) is 19.4. The number of hydrogen-bond acceptors (Lipinski definition) is 4. The summed E-state index contributed by atoms with van der Waals surface area (Å²) in [6, 6.07) is 11.5. The number of rotatable bonds is 5. The quantitative estimate of drug-likeness (QED) is 0.436. The number of H-pyrrole nitrogens is 1. The number of fused-ring (bicyclic) bond motifs is 1. The lowest BCUT2D eigenvalue weighted by Gasteiger charge is -2.32. The van der Waals surface area contributed by atoms with Gasteiger partial charge in [-0.15, -0.1) is 0 Å². The van der Waals surface area contributed by atoms with E-state index in [-0.39, 0.29) is 23.8 Å². The summed E-state index contributed by atoms with van der Waals surface area (Å²) in [5.41, 5.74) is 2.54. The Hall–Kier alpha value is -3.52. The number of ketones is 1. The van der Waals surface area contributed by atoms with Crippen LogP contribution >= 0.6 is 0 Å². The third kappa shape index (κ3) is 4.84. The van der Waals surface area contributed by atoms with Crippen LogP contribution in [0.15, 0.2) is 48.7 Å². The van der Waals surface area contributed by atoms with Crippen molar-refractivity contribution >= 4 is 28.5 Å². The number of aliphatic hydroxyl groups excluding tert-OH is 1. The van der Waals surface area contributed by atoms with E-state index in [1.807, 2.05) is 17.0 Å². The third-order valence-corrected chi connectivity index (χ3v) is 7.16. The molecule has 0 bridgehead atoms. The number of likely N-dealkylation sites (tertiary alicyclic amines) is 2. The smallest absolute Gasteiger partial charge is 0.295 e. The van der Waals surface area contributed by atoms with Crippen molar-refractivity contribution in [3.8, 4) is 0 Å². The summed E-state index contributed by atoms with van der Waals surface area (Å²) in [5.74, 6) is -1.17. The molecule has 1 aromatic heterocycles. The molecule has 7 nitrogen and oxygen atoms in total. The third-order valence-electron chi connectivity index (χ3n) is 7.16. The van der Waals surface area contributed by atoms with E-state index < -0.39 is 17.8 Å². The Bertz CT molecular complexity index is 1260. The molecule has 35 heavy (non-hydrogen) atoms. The number of piperidine rings is 1. The van der Waals surface area contributed by atoms with E-state index in [0.717, 1.165) is 30.3 Å². The first-order chi connectivity index (χ1) is 16.9. The van der Waals surface area contributed by atoms with Crippen LogP contribution in [-0.2, 0) is 11.2 Å². The number of nitrogens with one attached hydrogen (secondary N) is 1. The van der Waals surface area contributed by atoms with E-state index in [1.54, 1.807) is 24.4 Å². The van der Waals surface area contributed by atoms with E-state index in [4.69, 9.17) is 0 Å². The highest BCUT2D eigenvalue weighted by atomic mass is 19.1. The van der Waals surface area contributed by atoms with Crippen LogP contribution in [0, 0.1) is 11.7 Å². The molecular weight excluding hydrogens is 449 g/mol. The monoisotopic (exact) mass is 477 g/mol. The minimum Gasteiger partial charge on any atom is -0.391 e. The highest BCUT2D eigenvalue weighted by molar-refractivity contribution is 6.43. The maximum atomic E-state index is 13.3. The van der Waals surface area contributed by atoms with Crippen LogP contribution < -0.4 is 0 Å². The highest BCUT2D eigenvalue weighted by Crippen LogP contribution is 2.26. The molecule has 2 aromatic carbocycles. The zero-order valence-electron chi connectivity index (χ0n) is 19.4. The Morgan fingerprint density at radius 3 is 2.37 bits per heavy atom. The Labute approximate surface area is 202 Å². The minimum absolute atomic E-state index is 0.102. The van der Waals surface area contributed by atoms with Gasteiger partial charge in [-0.2, -0.15) is 0 Å². The average molecular weight is 478 g/mol. The summed E-state index contributed by atoms with van der Waals surface area (Å²) in [6.45, 7) is 1.79. The van der Waals surface area contributed by atoms with Gasteiger partial charge in [0.1, 0.15) is 5.82 Å². The second-order valence-corrected chi connectivity index (χ2v) is 9.55. The van der Waals surface area contributed by atoms with Crippen molar-refractivity contribution in [1.82, 2.24) is 14.8 Å². The van der Waals surface area contributed by atoms with E-state index in [9.17, 15) is 23.9 Å². The number of benzene rings is 2. The van der Waals surface area contributed by atoms with Crippen LogP contribution in [0.25, 0.3) is 10.9 Å². The van der Waals surface area contributed by atoms with Crippen LogP contribution in [0.4, 0.5) is 4.39 Å². The van der Waals surface area contributed by atoms with Gasteiger partial charge in [0.2, 0.25) is 5.78 Å². The van der Waals surface area contributed by atoms with Crippen LogP contribution in [0.2, 0.25) is 0 Å². The maximum Gasteiger partial charge on any atom is 0.295 e. The summed E-state index contributed by atoms with van der Waals surface area (Å²) >= 11 is 0. The van der Waals surface area contributed by atoms with Crippen LogP contribution in [0.1, 0.15) is 45.5 Å². The van der Waals surface area contributed by atoms with Crippen molar-refractivity contribution in [2.75, 3.05) is 26.2 Å². The predicted molar refractivity (Wildman–Crippen MR) is 129 cm³/mol. The Morgan fingerprint density at radius 1 is 0.971 bits per heavy atom. The zero-order chi connectivity index (χ0) is 24.5. The molecule has 1 unspecified atom stereocenters. The molecule has 0 saturated carbocycles. The molecule has 2 N–H and O–H groups in total. The van der Waals surface area contributed by atoms with Crippen molar-refractivity contribution in [2.45, 2.75) is 31.8 Å². The lowest BCUT2D eigenvalue weighted by atomic mass is 9.90. The Balaban J connectivity index is 1.26.